The van der Waals surface area contributed by atoms with Crippen molar-refractivity contribution in [3.63, 3.8) is 0 Å². The Kier molecular flexibility index (Phi) is 6.88. The number of carboxylic acid groups (broad SMARTS) is 1. The number of pyridine rings is 3. The smallest absolute Gasteiger partial charge is 0.339 e. The summed E-state index contributed by atoms with van der Waals surface area (Å²) in [5.41, 5.74) is 7.50. The molecule has 12 heteroatoms. The molecule has 10 nitrogen and oxygen atoms in total. The van der Waals surface area contributed by atoms with Crippen LogP contribution in [0.5, 0.6) is 5.88 Å². The van der Waals surface area contributed by atoms with E-state index in [1.165, 1.54) is 43.9 Å². The number of carbonyl (C=O) groups is 1. The van der Waals surface area contributed by atoms with Gasteiger partial charge in [0.15, 0.2) is 0 Å². The molecule has 4 N–H and O–H groups in total. The summed E-state index contributed by atoms with van der Waals surface area (Å²) in [6.45, 7) is 0. The molecule has 0 unspecified atom stereocenters. The molecule has 0 saturated carbocycles. The third kappa shape index (κ3) is 4.90. The van der Waals surface area contributed by atoms with E-state index >= 15 is 0 Å². The first kappa shape index (κ1) is 24.0. The van der Waals surface area contributed by atoms with Crippen LogP contribution in [0.25, 0.3) is 22.0 Å². The minimum atomic E-state index is -3.92. The molecule has 0 amide bonds. The number of sulfonamides is 1. The molecule has 4 rings (SSSR count). The molecule has 33 heavy (non-hydrogen) atoms. The maximum absolute atomic E-state index is 12.7. The molecule has 0 bridgehead atoms. The van der Waals surface area contributed by atoms with Crippen LogP contribution in [-0.4, -0.2) is 60.4 Å². The first-order valence-electron chi connectivity index (χ1n) is 9.19. The van der Waals surface area contributed by atoms with Gasteiger partial charge in [-0.1, -0.05) is 6.07 Å². The molecule has 0 atom stereocenters. The normalized spacial score (nSPS) is 10.9. The Bertz CT molecular complexity index is 1450. The summed E-state index contributed by atoms with van der Waals surface area (Å²) in [5.74, 6) is -1.17. The summed E-state index contributed by atoms with van der Waals surface area (Å²) in [4.78, 5) is 23.5. The monoisotopic (exact) mass is 458 g/mol. The number of benzene rings is 1. The maximum Gasteiger partial charge on any atom is 0.339 e. The number of hydrogen-bond acceptors (Lipinski definition) is 8. The number of nitrogens with zero attached hydrogens (tertiary/aromatic N) is 3. The fourth-order valence-corrected chi connectivity index (χ4v) is 4.11. The maximum atomic E-state index is 12.7. The molecule has 0 fully saturated rings. The van der Waals surface area contributed by atoms with Crippen LogP contribution in [-0.2, 0) is 10.0 Å². The number of nitrogens with one attached hydrogen (secondary N) is 1. The van der Waals surface area contributed by atoms with Crippen LogP contribution < -0.4 is 15.2 Å². The van der Waals surface area contributed by atoms with Crippen LogP contribution in [0.1, 0.15) is 10.4 Å². The summed E-state index contributed by atoms with van der Waals surface area (Å²) in [6, 6.07) is 11.1. The Balaban J connectivity index is 0.00000306. The number of hydrogen-bond donors (Lipinski definition) is 3. The van der Waals surface area contributed by atoms with Crippen molar-refractivity contribution < 1.29 is 23.1 Å². The molecule has 0 aliphatic carbocycles. The second-order valence-corrected chi connectivity index (χ2v) is 8.39. The molecule has 0 aliphatic rings. The zero-order valence-corrected chi connectivity index (χ0v) is 18.5. The number of aromatic carboxylic acids is 1. The molecule has 0 spiro atoms. The Hall–Kier alpha value is -3.65. The number of aromatic nitrogens is 3. The van der Waals surface area contributed by atoms with Gasteiger partial charge in [0, 0.05) is 48.4 Å². The zero-order chi connectivity index (χ0) is 22.9. The van der Waals surface area contributed by atoms with Crippen molar-refractivity contribution in [2.45, 2.75) is 4.90 Å². The van der Waals surface area contributed by atoms with Crippen molar-refractivity contribution in [3.8, 4) is 17.0 Å². The second-order valence-electron chi connectivity index (χ2n) is 6.71. The van der Waals surface area contributed by atoms with E-state index in [9.17, 15) is 18.3 Å². The predicted octanol–water partition coefficient (Wildman–Crippen LogP) is 2.40. The van der Waals surface area contributed by atoms with E-state index < -0.39 is 16.0 Å². The van der Waals surface area contributed by atoms with E-state index in [1.54, 1.807) is 24.3 Å². The van der Waals surface area contributed by atoms with Gasteiger partial charge in [0.05, 0.1) is 12.6 Å². The van der Waals surface area contributed by atoms with Crippen LogP contribution in [0.15, 0.2) is 66.0 Å². The van der Waals surface area contributed by atoms with E-state index in [0.717, 1.165) is 0 Å². The molecule has 0 saturated heterocycles. The average Bonchev–Trinajstić information content (AvgIpc) is 2.78. The minimum Gasteiger partial charge on any atom is -0.480 e. The van der Waals surface area contributed by atoms with Gasteiger partial charge in [0.2, 0.25) is 5.88 Å². The van der Waals surface area contributed by atoms with Crippen molar-refractivity contribution >= 4 is 57.3 Å². The Morgan fingerprint density at radius 3 is 2.58 bits per heavy atom. The molecule has 3 aromatic heterocycles. The van der Waals surface area contributed by atoms with Crippen LogP contribution in [0.2, 0.25) is 0 Å². The first-order chi connectivity index (χ1) is 15.3. The molecular formula is C21H17LiN5O5S. The fourth-order valence-electron chi connectivity index (χ4n) is 3.10. The molecular weight excluding hydrogens is 441 g/mol. The minimum absolute atomic E-state index is 0. The number of nitrogen functional groups attached to an aromatic ring is 1. The standard InChI is InChI=1S/C21H17N5O5S.Li/c1-31-20-18(26-32(29,30)15-3-2-6-23-11-15)9-14(10-24-20)12-4-5-17-13(7-12)8-16(21(27)28)19(22)25-17;/h2-11,26H,1H3,(H2,22,25)(H,27,28);. The largest absolute Gasteiger partial charge is 0.480 e. The molecule has 3 heterocycles. The predicted molar refractivity (Wildman–Crippen MR) is 124 cm³/mol. The average molecular weight is 458 g/mol. The van der Waals surface area contributed by atoms with Gasteiger partial charge in [0.25, 0.3) is 10.0 Å². The van der Waals surface area contributed by atoms with Gasteiger partial charge in [-0.15, -0.1) is 0 Å². The summed E-state index contributed by atoms with van der Waals surface area (Å²) in [6.07, 6.45) is 4.22. The molecule has 4 aromatic rings. The third-order valence-electron chi connectivity index (χ3n) is 4.64. The number of rotatable bonds is 6. The molecule has 1 radical (unpaired) electrons. The van der Waals surface area contributed by atoms with Gasteiger partial charge in [-0.3, -0.25) is 9.71 Å². The van der Waals surface area contributed by atoms with E-state index in [1.807, 2.05) is 0 Å². The Labute approximate surface area is 201 Å². The summed E-state index contributed by atoms with van der Waals surface area (Å²) < 4.78 is 33.1. The number of ether oxygens (including phenoxy) is 1. The van der Waals surface area contributed by atoms with Crippen LogP contribution >= 0.6 is 0 Å². The summed E-state index contributed by atoms with van der Waals surface area (Å²) in [5, 5.41) is 9.85. The number of nitrogens with two attached hydrogens (primary N) is 1. The SMILES string of the molecule is COc1ncc(-c2ccc3nc(N)c(C(=O)O)cc3c2)cc1NS(=O)(=O)c1cccnc1.[Li]. The number of fused-ring (bicyclic) bond motifs is 1. The van der Waals surface area contributed by atoms with Crippen LogP contribution in [0.3, 0.4) is 0 Å². The van der Waals surface area contributed by atoms with Gasteiger partial charge < -0.3 is 15.6 Å². The van der Waals surface area contributed by atoms with E-state index in [-0.39, 0.29) is 46.7 Å². The van der Waals surface area contributed by atoms with Crippen molar-refractivity contribution in [2.75, 3.05) is 17.6 Å². The quantitative estimate of drug-likeness (QED) is 0.369. The van der Waals surface area contributed by atoms with E-state index in [4.69, 9.17) is 10.5 Å². The van der Waals surface area contributed by atoms with Gasteiger partial charge in [-0.25, -0.2) is 23.2 Å². The summed E-state index contributed by atoms with van der Waals surface area (Å²) in [7, 11) is -2.54. The Morgan fingerprint density at radius 1 is 1.12 bits per heavy atom. The first-order valence-corrected chi connectivity index (χ1v) is 10.7. The van der Waals surface area contributed by atoms with E-state index in [0.29, 0.717) is 22.0 Å². The van der Waals surface area contributed by atoms with Crippen molar-refractivity contribution in [3.05, 3.63) is 66.6 Å². The number of anilines is 2. The van der Waals surface area contributed by atoms with Crippen LogP contribution in [0, 0.1) is 0 Å². The molecule has 1 aromatic carbocycles. The number of methoxy groups -OCH3 is 1. The van der Waals surface area contributed by atoms with Gasteiger partial charge in [-0.2, -0.15) is 0 Å². The molecule has 163 valence electrons. The summed E-state index contributed by atoms with van der Waals surface area (Å²) >= 11 is 0. The fraction of sp³-hybridized carbons (Fsp3) is 0.0476. The number of carboxylic acids is 1. The van der Waals surface area contributed by atoms with Gasteiger partial charge in [0.1, 0.15) is 22.0 Å². The second kappa shape index (κ2) is 9.46. The zero-order valence-electron chi connectivity index (χ0n) is 17.7. The van der Waals surface area contributed by atoms with Crippen LogP contribution in [0.4, 0.5) is 11.5 Å². The van der Waals surface area contributed by atoms with Gasteiger partial charge in [-0.05, 0) is 42.0 Å². The Morgan fingerprint density at radius 2 is 1.91 bits per heavy atom. The van der Waals surface area contributed by atoms with Crippen molar-refractivity contribution in [1.82, 2.24) is 15.0 Å². The molecule has 0 aliphatic heterocycles. The third-order valence-corrected chi connectivity index (χ3v) is 5.99. The van der Waals surface area contributed by atoms with Crippen molar-refractivity contribution in [1.29, 1.82) is 0 Å². The van der Waals surface area contributed by atoms with Gasteiger partial charge >= 0.3 is 5.97 Å². The van der Waals surface area contributed by atoms with Crippen molar-refractivity contribution in [2.24, 2.45) is 0 Å². The van der Waals surface area contributed by atoms with E-state index in [2.05, 4.69) is 19.7 Å². The topological polar surface area (TPSA) is 157 Å².